The predicted molar refractivity (Wildman–Crippen MR) is 128 cm³/mol. The molecule has 162 valence electrons. The van der Waals surface area contributed by atoms with Gasteiger partial charge in [0.1, 0.15) is 17.3 Å². The van der Waals surface area contributed by atoms with E-state index >= 15 is 0 Å². The molecule has 0 saturated heterocycles. The highest BCUT2D eigenvalue weighted by molar-refractivity contribution is 9.10. The molecule has 9 heteroatoms. The zero-order valence-electron chi connectivity index (χ0n) is 17.1. The van der Waals surface area contributed by atoms with Gasteiger partial charge < -0.3 is 9.47 Å². The SMILES string of the molecule is COc1cc(OC)cc(C(=O)N(/N=C/c2ccc(F)cc2)c2nc3ccc(Br)cc3s2)c1. The van der Waals surface area contributed by atoms with Gasteiger partial charge in [-0.3, -0.25) is 4.79 Å². The second-order valence-electron chi connectivity index (χ2n) is 6.62. The van der Waals surface area contributed by atoms with E-state index in [0.29, 0.717) is 27.8 Å². The van der Waals surface area contributed by atoms with E-state index in [4.69, 9.17) is 9.47 Å². The van der Waals surface area contributed by atoms with Gasteiger partial charge in [0.05, 0.1) is 30.7 Å². The van der Waals surface area contributed by atoms with Gasteiger partial charge in [0.25, 0.3) is 5.91 Å². The number of aromatic nitrogens is 1. The minimum absolute atomic E-state index is 0.317. The number of halogens is 2. The van der Waals surface area contributed by atoms with Crippen LogP contribution in [0.3, 0.4) is 0 Å². The molecule has 0 aliphatic rings. The number of rotatable bonds is 6. The molecule has 0 unspecified atom stereocenters. The molecule has 1 amide bonds. The van der Waals surface area contributed by atoms with E-state index in [2.05, 4.69) is 26.0 Å². The molecular formula is C23H17BrFN3O3S. The smallest absolute Gasteiger partial charge is 0.281 e. The summed E-state index contributed by atoms with van der Waals surface area (Å²) in [5.41, 5.74) is 1.69. The average molecular weight is 514 g/mol. The second kappa shape index (κ2) is 9.46. The van der Waals surface area contributed by atoms with Crippen LogP contribution in [0.5, 0.6) is 11.5 Å². The van der Waals surface area contributed by atoms with Crippen molar-refractivity contribution < 1.29 is 18.7 Å². The minimum atomic E-state index is -0.418. The van der Waals surface area contributed by atoms with Crippen LogP contribution in [0.15, 0.2) is 70.2 Å². The topological polar surface area (TPSA) is 64.0 Å². The molecule has 32 heavy (non-hydrogen) atoms. The van der Waals surface area contributed by atoms with Crippen LogP contribution in [0.25, 0.3) is 10.2 Å². The maximum atomic E-state index is 13.5. The summed E-state index contributed by atoms with van der Waals surface area (Å²) in [6.07, 6.45) is 1.48. The molecule has 1 aromatic heterocycles. The third-order valence-electron chi connectivity index (χ3n) is 4.50. The Balaban J connectivity index is 1.78. The summed E-state index contributed by atoms with van der Waals surface area (Å²) in [5, 5.41) is 6.00. The third kappa shape index (κ3) is 4.79. The van der Waals surface area contributed by atoms with Crippen molar-refractivity contribution in [2.45, 2.75) is 0 Å². The maximum absolute atomic E-state index is 13.5. The first-order valence-electron chi connectivity index (χ1n) is 9.40. The van der Waals surface area contributed by atoms with Gasteiger partial charge in [-0.25, -0.2) is 9.37 Å². The number of fused-ring (bicyclic) bond motifs is 1. The molecule has 0 bridgehead atoms. The van der Waals surface area contributed by atoms with Gasteiger partial charge in [0.2, 0.25) is 5.13 Å². The number of ether oxygens (including phenoxy) is 2. The van der Waals surface area contributed by atoms with Gasteiger partial charge in [0.15, 0.2) is 0 Å². The number of nitrogens with zero attached hydrogens (tertiary/aromatic N) is 3. The van der Waals surface area contributed by atoms with E-state index in [1.165, 1.54) is 48.9 Å². The molecule has 0 aliphatic carbocycles. The number of amides is 1. The lowest BCUT2D eigenvalue weighted by Crippen LogP contribution is -2.25. The Morgan fingerprint density at radius 3 is 2.41 bits per heavy atom. The van der Waals surface area contributed by atoms with Crippen LogP contribution in [0.1, 0.15) is 15.9 Å². The van der Waals surface area contributed by atoms with E-state index in [9.17, 15) is 9.18 Å². The fourth-order valence-electron chi connectivity index (χ4n) is 2.89. The van der Waals surface area contributed by atoms with E-state index in [1.807, 2.05) is 18.2 Å². The Kier molecular flexibility index (Phi) is 6.48. The van der Waals surface area contributed by atoms with Crippen molar-refractivity contribution in [3.63, 3.8) is 0 Å². The van der Waals surface area contributed by atoms with E-state index in [1.54, 1.807) is 30.3 Å². The Morgan fingerprint density at radius 1 is 1.06 bits per heavy atom. The molecule has 0 N–H and O–H groups in total. The van der Waals surface area contributed by atoms with Crippen LogP contribution in [0, 0.1) is 5.82 Å². The maximum Gasteiger partial charge on any atom is 0.281 e. The third-order valence-corrected chi connectivity index (χ3v) is 5.99. The van der Waals surface area contributed by atoms with Crippen molar-refractivity contribution in [3.8, 4) is 11.5 Å². The number of methoxy groups -OCH3 is 2. The van der Waals surface area contributed by atoms with Crippen LogP contribution in [0.4, 0.5) is 9.52 Å². The molecule has 0 spiro atoms. The number of benzene rings is 3. The second-order valence-corrected chi connectivity index (χ2v) is 8.55. The molecule has 0 saturated carbocycles. The van der Waals surface area contributed by atoms with Crippen molar-refractivity contribution in [2.24, 2.45) is 5.10 Å². The molecule has 0 fully saturated rings. The lowest BCUT2D eigenvalue weighted by molar-refractivity contribution is 0.0987. The van der Waals surface area contributed by atoms with Crippen LogP contribution in [0.2, 0.25) is 0 Å². The molecule has 0 atom stereocenters. The molecule has 1 heterocycles. The number of hydrogen-bond donors (Lipinski definition) is 0. The fourth-order valence-corrected chi connectivity index (χ4v) is 4.37. The van der Waals surface area contributed by atoms with Crippen LogP contribution < -0.4 is 14.5 Å². The van der Waals surface area contributed by atoms with Crippen LogP contribution >= 0.6 is 27.3 Å². The predicted octanol–water partition coefficient (Wildman–Crippen LogP) is 5.90. The summed E-state index contributed by atoms with van der Waals surface area (Å²) in [6.45, 7) is 0. The van der Waals surface area contributed by atoms with Gasteiger partial charge in [-0.15, -0.1) is 0 Å². The first-order valence-corrected chi connectivity index (χ1v) is 11.0. The van der Waals surface area contributed by atoms with E-state index in [0.717, 1.165) is 14.7 Å². The van der Waals surface area contributed by atoms with Gasteiger partial charge >= 0.3 is 0 Å². The van der Waals surface area contributed by atoms with Crippen molar-refractivity contribution in [1.29, 1.82) is 0 Å². The zero-order chi connectivity index (χ0) is 22.7. The van der Waals surface area contributed by atoms with Gasteiger partial charge in [0, 0.05) is 16.1 Å². The highest BCUT2D eigenvalue weighted by Crippen LogP contribution is 2.33. The monoisotopic (exact) mass is 513 g/mol. The summed E-state index contributed by atoms with van der Waals surface area (Å²) in [7, 11) is 3.03. The van der Waals surface area contributed by atoms with Crippen molar-refractivity contribution >= 4 is 54.7 Å². The lowest BCUT2D eigenvalue weighted by Gasteiger charge is -2.15. The Morgan fingerprint density at radius 2 is 1.75 bits per heavy atom. The number of anilines is 1. The fraction of sp³-hybridized carbons (Fsp3) is 0.0870. The largest absolute Gasteiger partial charge is 0.497 e. The zero-order valence-corrected chi connectivity index (χ0v) is 19.5. The Hall–Kier alpha value is -3.30. The van der Waals surface area contributed by atoms with Gasteiger partial charge in [-0.05, 0) is 48.0 Å². The molecule has 0 radical (unpaired) electrons. The van der Waals surface area contributed by atoms with Crippen LogP contribution in [-0.2, 0) is 0 Å². The summed E-state index contributed by atoms with van der Waals surface area (Å²) in [4.78, 5) is 18.1. The molecular weight excluding hydrogens is 497 g/mol. The van der Waals surface area contributed by atoms with Crippen molar-refractivity contribution in [3.05, 3.63) is 82.1 Å². The lowest BCUT2D eigenvalue weighted by atomic mass is 10.2. The summed E-state index contributed by atoms with van der Waals surface area (Å²) in [5.74, 6) is 0.181. The van der Waals surface area contributed by atoms with E-state index < -0.39 is 5.91 Å². The Bertz CT molecular complexity index is 1290. The molecule has 6 nitrogen and oxygen atoms in total. The molecule has 4 aromatic rings. The first kappa shape index (κ1) is 21.9. The average Bonchev–Trinajstić information content (AvgIpc) is 3.22. The van der Waals surface area contributed by atoms with Crippen molar-refractivity contribution in [1.82, 2.24) is 4.98 Å². The standard InChI is InChI=1S/C23H17BrFN3O3S/c1-30-18-9-15(10-19(12-18)31-2)22(29)28(26-13-14-3-6-17(25)7-4-14)23-27-20-8-5-16(24)11-21(20)32-23/h3-13H,1-2H3/b26-13+. The molecule has 0 aliphatic heterocycles. The highest BCUT2D eigenvalue weighted by atomic mass is 79.9. The number of carbonyl (C=O) groups is 1. The Labute approximate surface area is 196 Å². The summed E-state index contributed by atoms with van der Waals surface area (Å²) >= 11 is 4.78. The quantitative estimate of drug-likeness (QED) is 0.238. The van der Waals surface area contributed by atoms with Gasteiger partial charge in [-0.2, -0.15) is 10.1 Å². The number of carbonyl (C=O) groups excluding carboxylic acids is 1. The number of hydrogen-bond acceptors (Lipinski definition) is 6. The summed E-state index contributed by atoms with van der Waals surface area (Å²) in [6, 6.07) is 16.4. The minimum Gasteiger partial charge on any atom is -0.497 e. The van der Waals surface area contributed by atoms with Crippen LogP contribution in [-0.4, -0.2) is 31.3 Å². The molecule has 4 rings (SSSR count). The first-order chi connectivity index (χ1) is 15.5. The number of thiazole rings is 1. The van der Waals surface area contributed by atoms with E-state index in [-0.39, 0.29) is 5.82 Å². The summed E-state index contributed by atoms with van der Waals surface area (Å²) < 4.78 is 25.6. The highest BCUT2D eigenvalue weighted by Gasteiger charge is 2.22. The normalized spacial score (nSPS) is 11.1. The van der Waals surface area contributed by atoms with Gasteiger partial charge in [-0.1, -0.05) is 39.4 Å². The molecule has 3 aromatic carbocycles. The number of hydrazone groups is 1. The van der Waals surface area contributed by atoms with Crippen molar-refractivity contribution in [2.75, 3.05) is 19.2 Å².